The predicted molar refractivity (Wildman–Crippen MR) is 118 cm³/mol. The minimum absolute atomic E-state index is 0.184. The first-order valence-electron chi connectivity index (χ1n) is 9.95. The van der Waals surface area contributed by atoms with E-state index in [1.54, 1.807) is 30.5 Å². The van der Waals surface area contributed by atoms with Gasteiger partial charge in [-0.1, -0.05) is 48.5 Å². The summed E-state index contributed by atoms with van der Waals surface area (Å²) in [6, 6.07) is 23.1. The zero-order valence-electron chi connectivity index (χ0n) is 16.7. The molecule has 0 saturated carbocycles. The van der Waals surface area contributed by atoms with E-state index < -0.39 is 17.9 Å². The molecule has 1 unspecified atom stereocenters. The first-order chi connectivity index (χ1) is 15.1. The Morgan fingerprint density at radius 2 is 1.65 bits per heavy atom. The van der Waals surface area contributed by atoms with E-state index in [1.165, 1.54) is 0 Å². The van der Waals surface area contributed by atoms with Crippen molar-refractivity contribution in [3.63, 3.8) is 0 Å². The first kappa shape index (κ1) is 20.2. The smallest absolute Gasteiger partial charge is 0.326 e. The van der Waals surface area contributed by atoms with E-state index in [2.05, 4.69) is 10.3 Å². The van der Waals surface area contributed by atoms with Gasteiger partial charge >= 0.3 is 5.97 Å². The number of para-hydroxylation sites is 1. The fraction of sp³-hybridized carbons (Fsp3) is 0.120. The van der Waals surface area contributed by atoms with Gasteiger partial charge < -0.3 is 20.1 Å². The number of H-pyrrole nitrogens is 1. The van der Waals surface area contributed by atoms with Gasteiger partial charge in [0.15, 0.2) is 0 Å². The third-order valence-corrected chi connectivity index (χ3v) is 5.07. The molecule has 1 aromatic heterocycles. The fourth-order valence-corrected chi connectivity index (χ4v) is 3.41. The summed E-state index contributed by atoms with van der Waals surface area (Å²) in [5.41, 5.74) is 3.19. The number of hydrogen-bond donors (Lipinski definition) is 3. The summed E-state index contributed by atoms with van der Waals surface area (Å²) < 4.78 is 5.73. The van der Waals surface area contributed by atoms with Gasteiger partial charge in [-0.05, 0) is 41.5 Å². The normalized spacial score (nSPS) is 11.7. The van der Waals surface area contributed by atoms with Gasteiger partial charge in [-0.2, -0.15) is 0 Å². The maximum atomic E-state index is 12.6. The van der Waals surface area contributed by atoms with Crippen molar-refractivity contribution < 1.29 is 19.4 Å². The molecule has 156 valence electrons. The molecule has 4 aromatic rings. The number of ether oxygens (including phenoxy) is 1. The number of carbonyl (C=O) groups is 2. The van der Waals surface area contributed by atoms with Gasteiger partial charge in [0, 0.05) is 29.1 Å². The summed E-state index contributed by atoms with van der Waals surface area (Å²) in [6.45, 7) is 0.429. The Labute approximate surface area is 179 Å². The van der Waals surface area contributed by atoms with Gasteiger partial charge in [-0.25, -0.2) is 4.79 Å². The molecule has 1 atom stereocenters. The summed E-state index contributed by atoms with van der Waals surface area (Å²) >= 11 is 0. The number of carboxylic acids is 1. The van der Waals surface area contributed by atoms with Crippen LogP contribution in [-0.4, -0.2) is 28.0 Å². The van der Waals surface area contributed by atoms with Crippen molar-refractivity contribution in [3.05, 3.63) is 102 Å². The molecule has 3 aromatic carbocycles. The topological polar surface area (TPSA) is 91.4 Å². The molecule has 4 rings (SSSR count). The van der Waals surface area contributed by atoms with Crippen LogP contribution in [0.25, 0.3) is 10.9 Å². The lowest BCUT2D eigenvalue weighted by Gasteiger charge is -2.14. The van der Waals surface area contributed by atoms with Crippen LogP contribution in [0.1, 0.15) is 21.5 Å². The van der Waals surface area contributed by atoms with Crippen molar-refractivity contribution in [2.24, 2.45) is 0 Å². The van der Waals surface area contributed by atoms with E-state index in [0.717, 1.165) is 22.0 Å². The SMILES string of the molecule is O=C(NC(Cc1c[nH]c2ccccc12)C(=O)O)c1ccc(OCc2ccccc2)cc1. The number of benzene rings is 3. The van der Waals surface area contributed by atoms with Crippen LogP contribution < -0.4 is 10.1 Å². The van der Waals surface area contributed by atoms with Crippen molar-refractivity contribution in [1.29, 1.82) is 0 Å². The molecule has 0 aliphatic rings. The molecular formula is C25H22N2O4. The van der Waals surface area contributed by atoms with E-state index in [4.69, 9.17) is 4.74 Å². The first-order valence-corrected chi connectivity index (χ1v) is 9.95. The third-order valence-electron chi connectivity index (χ3n) is 5.07. The average Bonchev–Trinajstić information content (AvgIpc) is 3.21. The highest BCUT2D eigenvalue weighted by atomic mass is 16.5. The fourth-order valence-electron chi connectivity index (χ4n) is 3.41. The van der Waals surface area contributed by atoms with Crippen molar-refractivity contribution in [2.75, 3.05) is 0 Å². The van der Waals surface area contributed by atoms with Crippen LogP contribution in [0.3, 0.4) is 0 Å². The summed E-state index contributed by atoms with van der Waals surface area (Å²) in [6.07, 6.45) is 1.97. The van der Waals surface area contributed by atoms with E-state index >= 15 is 0 Å². The zero-order valence-corrected chi connectivity index (χ0v) is 16.7. The number of amides is 1. The molecule has 1 amide bonds. The summed E-state index contributed by atoms with van der Waals surface area (Å²) in [7, 11) is 0. The number of aromatic amines is 1. The highest BCUT2D eigenvalue weighted by Crippen LogP contribution is 2.20. The van der Waals surface area contributed by atoms with Crippen LogP contribution in [0.15, 0.2) is 85.1 Å². The van der Waals surface area contributed by atoms with Crippen LogP contribution in [0, 0.1) is 0 Å². The number of fused-ring (bicyclic) bond motifs is 1. The second-order valence-corrected chi connectivity index (χ2v) is 7.23. The number of aliphatic carboxylic acids is 1. The zero-order chi connectivity index (χ0) is 21.6. The molecule has 3 N–H and O–H groups in total. The number of carboxylic acid groups (broad SMARTS) is 1. The Balaban J connectivity index is 1.40. The molecule has 0 aliphatic heterocycles. The largest absolute Gasteiger partial charge is 0.489 e. The highest BCUT2D eigenvalue weighted by molar-refractivity contribution is 5.97. The number of nitrogens with one attached hydrogen (secondary N) is 2. The second kappa shape index (κ2) is 9.17. The van der Waals surface area contributed by atoms with Crippen molar-refractivity contribution in [2.45, 2.75) is 19.1 Å². The van der Waals surface area contributed by atoms with Gasteiger partial charge in [-0.15, -0.1) is 0 Å². The number of carbonyl (C=O) groups excluding carboxylic acids is 1. The van der Waals surface area contributed by atoms with E-state index in [9.17, 15) is 14.7 Å². The minimum Gasteiger partial charge on any atom is -0.489 e. The van der Waals surface area contributed by atoms with Crippen LogP contribution >= 0.6 is 0 Å². The number of aromatic nitrogens is 1. The average molecular weight is 414 g/mol. The minimum atomic E-state index is -1.08. The van der Waals surface area contributed by atoms with Crippen LogP contribution in [-0.2, 0) is 17.8 Å². The van der Waals surface area contributed by atoms with Gasteiger partial charge in [0.25, 0.3) is 5.91 Å². The Kier molecular flexibility index (Phi) is 5.98. The van der Waals surface area contributed by atoms with Gasteiger partial charge in [0.1, 0.15) is 18.4 Å². The van der Waals surface area contributed by atoms with E-state index in [0.29, 0.717) is 17.9 Å². The third kappa shape index (κ3) is 4.93. The monoisotopic (exact) mass is 414 g/mol. The molecule has 0 aliphatic carbocycles. The predicted octanol–water partition coefficient (Wildman–Crippen LogP) is 4.17. The molecule has 31 heavy (non-hydrogen) atoms. The lowest BCUT2D eigenvalue weighted by Crippen LogP contribution is -2.42. The van der Waals surface area contributed by atoms with Crippen molar-refractivity contribution in [1.82, 2.24) is 10.3 Å². The Hall–Kier alpha value is -4.06. The van der Waals surface area contributed by atoms with E-state index in [1.807, 2.05) is 54.6 Å². The Morgan fingerprint density at radius 3 is 2.39 bits per heavy atom. The van der Waals surface area contributed by atoms with Crippen LogP contribution in [0.5, 0.6) is 5.75 Å². The van der Waals surface area contributed by atoms with Crippen LogP contribution in [0.4, 0.5) is 0 Å². The lowest BCUT2D eigenvalue weighted by atomic mass is 10.0. The van der Waals surface area contributed by atoms with Crippen LogP contribution in [0.2, 0.25) is 0 Å². The maximum Gasteiger partial charge on any atom is 0.326 e. The maximum absolute atomic E-state index is 12.6. The molecule has 1 heterocycles. The molecule has 0 radical (unpaired) electrons. The molecular weight excluding hydrogens is 392 g/mol. The number of hydrogen-bond acceptors (Lipinski definition) is 3. The molecule has 0 spiro atoms. The summed E-state index contributed by atoms with van der Waals surface area (Å²) in [5, 5.41) is 13.2. The highest BCUT2D eigenvalue weighted by Gasteiger charge is 2.22. The number of rotatable bonds is 8. The lowest BCUT2D eigenvalue weighted by molar-refractivity contribution is -0.139. The van der Waals surface area contributed by atoms with E-state index in [-0.39, 0.29) is 6.42 Å². The van der Waals surface area contributed by atoms with Gasteiger partial charge in [0.05, 0.1) is 0 Å². The molecule has 6 nitrogen and oxygen atoms in total. The Bertz CT molecular complexity index is 1180. The summed E-state index contributed by atoms with van der Waals surface area (Å²) in [4.78, 5) is 27.5. The molecule has 0 bridgehead atoms. The quantitative estimate of drug-likeness (QED) is 0.404. The molecule has 6 heteroatoms. The standard InChI is InChI=1S/C25H22N2O4/c28-24(18-10-12-20(13-11-18)31-16-17-6-2-1-3-7-17)27-23(25(29)30)14-19-15-26-22-9-5-4-8-21(19)22/h1-13,15,23,26H,14,16H2,(H,27,28)(H,29,30). The molecule has 0 saturated heterocycles. The Morgan fingerprint density at radius 1 is 0.935 bits per heavy atom. The van der Waals surface area contributed by atoms with Crippen molar-refractivity contribution >= 4 is 22.8 Å². The summed E-state index contributed by atoms with van der Waals surface area (Å²) in [5.74, 6) is -0.891. The second-order valence-electron chi connectivity index (χ2n) is 7.23. The van der Waals surface area contributed by atoms with Gasteiger partial charge in [-0.3, -0.25) is 4.79 Å². The van der Waals surface area contributed by atoms with Gasteiger partial charge in [0.2, 0.25) is 0 Å². The molecule has 0 fully saturated rings. The van der Waals surface area contributed by atoms with Crippen molar-refractivity contribution in [3.8, 4) is 5.75 Å².